The first-order valence-corrected chi connectivity index (χ1v) is 6.41. The van der Waals surface area contributed by atoms with Gasteiger partial charge in [0.25, 0.3) is 0 Å². The molecule has 1 N–H and O–H groups in total. The summed E-state index contributed by atoms with van der Waals surface area (Å²) in [6.07, 6.45) is 0. The standard InChI is InChI=1S/C16H14F2N2O/c17-16(18)21-15-9-5-4-8-13(15)14(10-19)20-11-12-6-2-1-3-7-12/h1-9,14,16,20H,11H2. The van der Waals surface area contributed by atoms with Gasteiger partial charge in [0.05, 0.1) is 6.07 Å². The van der Waals surface area contributed by atoms with Crippen molar-refractivity contribution in [3.8, 4) is 11.8 Å². The first kappa shape index (κ1) is 14.9. The first-order valence-electron chi connectivity index (χ1n) is 6.41. The van der Waals surface area contributed by atoms with Gasteiger partial charge in [-0.1, -0.05) is 48.5 Å². The van der Waals surface area contributed by atoms with E-state index >= 15 is 0 Å². The largest absolute Gasteiger partial charge is 0.434 e. The Hall–Kier alpha value is -2.45. The summed E-state index contributed by atoms with van der Waals surface area (Å²) < 4.78 is 29.2. The summed E-state index contributed by atoms with van der Waals surface area (Å²) in [5.74, 6) is 0.0135. The number of rotatable bonds is 6. The molecule has 0 saturated heterocycles. The molecule has 0 aliphatic rings. The van der Waals surface area contributed by atoms with E-state index in [9.17, 15) is 14.0 Å². The second kappa shape index (κ2) is 7.36. The molecule has 0 aromatic heterocycles. The number of alkyl halides is 2. The molecule has 5 heteroatoms. The molecule has 0 fully saturated rings. The van der Waals surface area contributed by atoms with Crippen LogP contribution in [0.2, 0.25) is 0 Å². The molecule has 1 atom stereocenters. The highest BCUT2D eigenvalue weighted by Crippen LogP contribution is 2.26. The smallest absolute Gasteiger partial charge is 0.387 e. The highest BCUT2D eigenvalue weighted by molar-refractivity contribution is 5.38. The van der Waals surface area contributed by atoms with Crippen molar-refractivity contribution in [2.24, 2.45) is 0 Å². The number of halogens is 2. The van der Waals surface area contributed by atoms with Crippen molar-refractivity contribution in [2.75, 3.05) is 0 Å². The number of para-hydroxylation sites is 1. The lowest BCUT2D eigenvalue weighted by atomic mass is 10.1. The van der Waals surface area contributed by atoms with E-state index in [1.807, 2.05) is 30.3 Å². The third-order valence-corrected chi connectivity index (χ3v) is 2.93. The van der Waals surface area contributed by atoms with Crippen LogP contribution in [0.4, 0.5) is 8.78 Å². The van der Waals surface area contributed by atoms with E-state index in [2.05, 4.69) is 16.1 Å². The highest BCUT2D eigenvalue weighted by atomic mass is 19.3. The quantitative estimate of drug-likeness (QED) is 0.882. The van der Waals surface area contributed by atoms with Crippen LogP contribution < -0.4 is 10.1 Å². The Kier molecular flexibility index (Phi) is 5.24. The normalized spacial score (nSPS) is 11.9. The zero-order valence-corrected chi connectivity index (χ0v) is 11.2. The fourth-order valence-electron chi connectivity index (χ4n) is 1.96. The third-order valence-electron chi connectivity index (χ3n) is 2.93. The lowest BCUT2D eigenvalue weighted by Crippen LogP contribution is -2.20. The highest BCUT2D eigenvalue weighted by Gasteiger charge is 2.17. The molecule has 1 unspecified atom stereocenters. The zero-order chi connectivity index (χ0) is 15.1. The molecule has 3 nitrogen and oxygen atoms in total. The number of hydrogen-bond acceptors (Lipinski definition) is 3. The number of nitriles is 1. The summed E-state index contributed by atoms with van der Waals surface area (Å²) in [5.41, 5.74) is 1.40. The van der Waals surface area contributed by atoms with E-state index in [-0.39, 0.29) is 5.75 Å². The fourth-order valence-corrected chi connectivity index (χ4v) is 1.96. The molecule has 0 aliphatic heterocycles. The Morgan fingerprint density at radius 2 is 1.71 bits per heavy atom. The topological polar surface area (TPSA) is 45.0 Å². The minimum atomic E-state index is -2.92. The molecule has 0 saturated carbocycles. The lowest BCUT2D eigenvalue weighted by molar-refractivity contribution is -0.0505. The lowest BCUT2D eigenvalue weighted by Gasteiger charge is -2.16. The maximum atomic E-state index is 12.4. The second-order valence-electron chi connectivity index (χ2n) is 4.34. The average molecular weight is 288 g/mol. The van der Waals surface area contributed by atoms with Crippen LogP contribution >= 0.6 is 0 Å². The molecule has 0 heterocycles. The molecule has 0 radical (unpaired) electrons. The Labute approximate surface area is 121 Å². The Balaban J connectivity index is 2.12. The summed E-state index contributed by atoms with van der Waals surface area (Å²) in [5, 5.41) is 12.3. The number of nitrogens with zero attached hydrogens (tertiary/aromatic N) is 1. The Bertz CT molecular complexity index is 611. The second-order valence-corrected chi connectivity index (χ2v) is 4.34. The molecule has 2 aromatic rings. The summed E-state index contributed by atoms with van der Waals surface area (Å²) in [6, 6.07) is 17.2. The van der Waals surface area contributed by atoms with Gasteiger partial charge in [-0.15, -0.1) is 0 Å². The Morgan fingerprint density at radius 3 is 2.38 bits per heavy atom. The van der Waals surface area contributed by atoms with E-state index in [1.165, 1.54) is 6.07 Å². The molecule has 108 valence electrons. The molecule has 0 spiro atoms. The SMILES string of the molecule is N#CC(NCc1ccccc1)c1ccccc1OC(F)F. The van der Waals surface area contributed by atoms with Gasteiger partial charge in [-0.2, -0.15) is 14.0 Å². The van der Waals surface area contributed by atoms with Crippen LogP contribution in [0.1, 0.15) is 17.2 Å². The number of nitrogens with one attached hydrogen (secondary N) is 1. The minimum Gasteiger partial charge on any atom is -0.434 e. The van der Waals surface area contributed by atoms with Crippen LogP contribution in [0.25, 0.3) is 0 Å². The minimum absolute atomic E-state index is 0.0135. The third kappa shape index (κ3) is 4.26. The van der Waals surface area contributed by atoms with Gasteiger partial charge in [0, 0.05) is 12.1 Å². The van der Waals surface area contributed by atoms with Gasteiger partial charge in [0.15, 0.2) is 0 Å². The summed E-state index contributed by atoms with van der Waals surface area (Å²) in [6.45, 7) is -2.46. The first-order chi connectivity index (χ1) is 10.2. The van der Waals surface area contributed by atoms with E-state index in [4.69, 9.17) is 0 Å². The van der Waals surface area contributed by atoms with Crippen molar-refractivity contribution >= 4 is 0 Å². The number of ether oxygens (including phenoxy) is 1. The van der Waals surface area contributed by atoms with Crippen LogP contribution in [0.3, 0.4) is 0 Å². The molecule has 2 rings (SSSR count). The molecular weight excluding hydrogens is 274 g/mol. The Morgan fingerprint density at radius 1 is 1.05 bits per heavy atom. The summed E-state index contributed by atoms with van der Waals surface area (Å²) in [7, 11) is 0. The van der Waals surface area contributed by atoms with Gasteiger partial charge in [0.1, 0.15) is 11.8 Å². The van der Waals surface area contributed by atoms with Crippen LogP contribution in [0.5, 0.6) is 5.75 Å². The van der Waals surface area contributed by atoms with E-state index < -0.39 is 12.7 Å². The van der Waals surface area contributed by atoms with Gasteiger partial charge >= 0.3 is 6.61 Å². The van der Waals surface area contributed by atoms with Crippen molar-refractivity contribution < 1.29 is 13.5 Å². The predicted octanol–water partition coefficient (Wildman–Crippen LogP) is 3.64. The van der Waals surface area contributed by atoms with E-state index in [1.54, 1.807) is 18.2 Å². The maximum Gasteiger partial charge on any atom is 0.387 e. The van der Waals surface area contributed by atoms with Gasteiger partial charge in [-0.3, -0.25) is 5.32 Å². The molecule has 0 bridgehead atoms. The summed E-state index contributed by atoms with van der Waals surface area (Å²) >= 11 is 0. The maximum absolute atomic E-state index is 12.4. The monoisotopic (exact) mass is 288 g/mol. The zero-order valence-electron chi connectivity index (χ0n) is 11.2. The van der Waals surface area contributed by atoms with Crippen molar-refractivity contribution in [3.63, 3.8) is 0 Å². The summed E-state index contributed by atoms with van der Waals surface area (Å²) in [4.78, 5) is 0. The van der Waals surface area contributed by atoms with Crippen LogP contribution in [-0.4, -0.2) is 6.61 Å². The fraction of sp³-hybridized carbons (Fsp3) is 0.188. The number of hydrogen-bond donors (Lipinski definition) is 1. The van der Waals surface area contributed by atoms with E-state index in [0.717, 1.165) is 5.56 Å². The van der Waals surface area contributed by atoms with Crippen molar-refractivity contribution in [2.45, 2.75) is 19.2 Å². The molecule has 2 aromatic carbocycles. The number of benzene rings is 2. The van der Waals surface area contributed by atoms with E-state index in [0.29, 0.717) is 12.1 Å². The van der Waals surface area contributed by atoms with Crippen LogP contribution in [0.15, 0.2) is 54.6 Å². The molecule has 21 heavy (non-hydrogen) atoms. The van der Waals surface area contributed by atoms with Crippen molar-refractivity contribution in [1.29, 1.82) is 5.26 Å². The van der Waals surface area contributed by atoms with Crippen LogP contribution in [0, 0.1) is 11.3 Å². The molecule has 0 amide bonds. The molecule has 0 aliphatic carbocycles. The molecular formula is C16H14F2N2O. The average Bonchev–Trinajstić information content (AvgIpc) is 2.50. The van der Waals surface area contributed by atoms with Crippen molar-refractivity contribution in [1.82, 2.24) is 5.32 Å². The van der Waals surface area contributed by atoms with Gasteiger partial charge < -0.3 is 4.74 Å². The van der Waals surface area contributed by atoms with Crippen LogP contribution in [-0.2, 0) is 6.54 Å². The van der Waals surface area contributed by atoms with Gasteiger partial charge in [-0.25, -0.2) is 0 Å². The van der Waals surface area contributed by atoms with Crippen molar-refractivity contribution in [3.05, 3.63) is 65.7 Å². The van der Waals surface area contributed by atoms with Gasteiger partial charge in [-0.05, 0) is 11.6 Å². The van der Waals surface area contributed by atoms with Gasteiger partial charge in [0.2, 0.25) is 0 Å². The predicted molar refractivity (Wildman–Crippen MR) is 74.7 cm³/mol.